The monoisotopic (exact) mass is 418 g/mol. The molecular formula is C23H26N6S. The molecule has 7 heteroatoms. The van der Waals surface area contributed by atoms with Gasteiger partial charge in [-0.3, -0.25) is 4.90 Å². The lowest BCUT2D eigenvalue weighted by atomic mass is 10.0. The van der Waals surface area contributed by atoms with Crippen LogP contribution < -0.4 is 4.90 Å². The summed E-state index contributed by atoms with van der Waals surface area (Å²) >= 11 is 1.67. The van der Waals surface area contributed by atoms with Crippen LogP contribution in [0.3, 0.4) is 0 Å². The number of nitrogens with zero attached hydrogens (tertiary/aromatic N) is 6. The minimum Gasteiger partial charge on any atom is -0.356 e. The maximum Gasteiger partial charge on any atom is 0.145 e. The molecule has 6 nitrogen and oxygen atoms in total. The second-order valence-corrected chi connectivity index (χ2v) is 8.68. The zero-order valence-electron chi connectivity index (χ0n) is 17.2. The summed E-state index contributed by atoms with van der Waals surface area (Å²) in [7, 11) is 2.18. The average molecular weight is 419 g/mol. The van der Waals surface area contributed by atoms with Crippen LogP contribution >= 0.6 is 11.3 Å². The Kier molecular flexibility index (Phi) is 5.46. The lowest BCUT2D eigenvalue weighted by Crippen LogP contribution is -2.43. The topological polar surface area (TPSA) is 50.1 Å². The van der Waals surface area contributed by atoms with E-state index in [9.17, 15) is 0 Å². The Morgan fingerprint density at radius 2 is 1.87 bits per heavy atom. The van der Waals surface area contributed by atoms with E-state index >= 15 is 0 Å². The minimum absolute atomic E-state index is 0.493. The van der Waals surface area contributed by atoms with Gasteiger partial charge in [0.25, 0.3) is 0 Å². The van der Waals surface area contributed by atoms with Gasteiger partial charge in [0.15, 0.2) is 0 Å². The Morgan fingerprint density at radius 3 is 2.63 bits per heavy atom. The summed E-state index contributed by atoms with van der Waals surface area (Å²) in [6, 6.07) is 13.2. The molecule has 30 heavy (non-hydrogen) atoms. The molecule has 0 unspecified atom stereocenters. The molecule has 0 aliphatic carbocycles. The number of fused-ring (bicyclic) bond motifs is 1. The van der Waals surface area contributed by atoms with Gasteiger partial charge in [-0.2, -0.15) is 0 Å². The van der Waals surface area contributed by atoms with E-state index in [2.05, 4.69) is 84.3 Å². The average Bonchev–Trinajstić information content (AvgIpc) is 3.45. The number of anilines is 1. The van der Waals surface area contributed by atoms with Gasteiger partial charge in [0.1, 0.15) is 17.8 Å². The first-order valence-electron chi connectivity index (χ1n) is 10.4. The highest BCUT2D eigenvalue weighted by molar-refractivity contribution is 7.07. The van der Waals surface area contributed by atoms with Gasteiger partial charge in [0, 0.05) is 50.8 Å². The van der Waals surface area contributed by atoms with Gasteiger partial charge in [0.2, 0.25) is 0 Å². The smallest absolute Gasteiger partial charge is 0.145 e. The van der Waals surface area contributed by atoms with Crippen molar-refractivity contribution in [1.82, 2.24) is 24.4 Å². The van der Waals surface area contributed by atoms with Crippen molar-refractivity contribution in [3.8, 4) is 0 Å². The third-order valence-corrected chi connectivity index (χ3v) is 6.67. The molecule has 0 bridgehead atoms. The molecule has 0 amide bonds. The lowest BCUT2D eigenvalue weighted by Gasteiger charge is -2.37. The molecule has 1 saturated heterocycles. The van der Waals surface area contributed by atoms with Gasteiger partial charge in [-0.15, -0.1) is 11.3 Å². The summed E-state index contributed by atoms with van der Waals surface area (Å²) in [5.74, 6) is 1.03. The van der Waals surface area contributed by atoms with Crippen LogP contribution in [0.25, 0.3) is 11.0 Å². The SMILES string of the molecule is CN(c1ncnc2c1ccn2Cc1ccccc1)C1CCN(Cc2cscn2)CC1. The minimum atomic E-state index is 0.493. The van der Waals surface area contributed by atoms with Crippen LogP contribution in [0.15, 0.2) is 59.8 Å². The first-order chi connectivity index (χ1) is 14.8. The van der Waals surface area contributed by atoms with Gasteiger partial charge in [-0.25, -0.2) is 15.0 Å². The standard InChI is InChI=1S/C23H26N6S/c1-27(20-7-10-28(11-8-20)14-19-15-30-17-26-19)22-21-9-12-29(23(21)25-16-24-22)13-18-5-3-2-4-6-18/h2-6,9,12,15-17,20H,7-8,10-11,13-14H2,1H3. The van der Waals surface area contributed by atoms with E-state index in [0.29, 0.717) is 6.04 Å². The lowest BCUT2D eigenvalue weighted by molar-refractivity contribution is 0.201. The molecule has 1 aliphatic heterocycles. The largest absolute Gasteiger partial charge is 0.356 e. The maximum atomic E-state index is 4.66. The van der Waals surface area contributed by atoms with Crippen molar-refractivity contribution in [3.63, 3.8) is 0 Å². The molecule has 3 aromatic heterocycles. The van der Waals surface area contributed by atoms with Gasteiger partial charge >= 0.3 is 0 Å². The zero-order valence-corrected chi connectivity index (χ0v) is 18.0. The van der Waals surface area contributed by atoms with Crippen molar-refractivity contribution in [2.45, 2.75) is 32.0 Å². The van der Waals surface area contributed by atoms with E-state index in [4.69, 9.17) is 0 Å². The van der Waals surface area contributed by atoms with Crippen LogP contribution in [-0.4, -0.2) is 50.6 Å². The predicted molar refractivity (Wildman–Crippen MR) is 122 cm³/mol. The van der Waals surface area contributed by atoms with Crippen molar-refractivity contribution < 1.29 is 0 Å². The number of likely N-dealkylation sites (tertiary alicyclic amines) is 1. The summed E-state index contributed by atoms with van der Waals surface area (Å²) in [5, 5.41) is 3.27. The van der Waals surface area contributed by atoms with E-state index in [1.54, 1.807) is 17.7 Å². The molecule has 154 valence electrons. The highest BCUT2D eigenvalue weighted by atomic mass is 32.1. The number of thiazole rings is 1. The van der Waals surface area contributed by atoms with Crippen LogP contribution in [0.2, 0.25) is 0 Å². The number of hydrogen-bond donors (Lipinski definition) is 0. The molecule has 0 saturated carbocycles. The molecule has 4 heterocycles. The van der Waals surface area contributed by atoms with E-state index in [1.165, 1.54) is 11.3 Å². The van der Waals surface area contributed by atoms with E-state index in [-0.39, 0.29) is 0 Å². The van der Waals surface area contributed by atoms with Crippen molar-refractivity contribution >= 4 is 28.2 Å². The molecule has 1 aromatic carbocycles. The molecule has 1 aliphatic rings. The molecule has 0 N–H and O–H groups in total. The van der Waals surface area contributed by atoms with Crippen LogP contribution in [-0.2, 0) is 13.1 Å². The molecule has 0 atom stereocenters. The quantitative estimate of drug-likeness (QED) is 0.473. The first kappa shape index (κ1) is 19.2. The highest BCUT2D eigenvalue weighted by Crippen LogP contribution is 2.28. The highest BCUT2D eigenvalue weighted by Gasteiger charge is 2.25. The third-order valence-electron chi connectivity index (χ3n) is 6.04. The van der Waals surface area contributed by atoms with E-state index < -0.39 is 0 Å². The Bertz CT molecular complexity index is 1080. The molecular weight excluding hydrogens is 392 g/mol. The molecule has 0 spiro atoms. The van der Waals surface area contributed by atoms with Crippen LogP contribution in [0.4, 0.5) is 5.82 Å². The van der Waals surface area contributed by atoms with Gasteiger partial charge in [-0.1, -0.05) is 30.3 Å². The fourth-order valence-corrected chi connectivity index (χ4v) is 4.91. The van der Waals surface area contributed by atoms with Crippen molar-refractivity contribution in [2.75, 3.05) is 25.0 Å². The zero-order chi connectivity index (χ0) is 20.3. The van der Waals surface area contributed by atoms with E-state index in [0.717, 1.165) is 55.9 Å². The van der Waals surface area contributed by atoms with Gasteiger partial charge in [-0.05, 0) is 24.5 Å². The van der Waals surface area contributed by atoms with Gasteiger partial charge in [0.05, 0.1) is 16.6 Å². The number of aromatic nitrogens is 4. The molecule has 4 aromatic rings. The summed E-state index contributed by atoms with van der Waals surface area (Å²) in [5.41, 5.74) is 5.37. The summed E-state index contributed by atoms with van der Waals surface area (Å²) in [4.78, 5) is 18.5. The predicted octanol–water partition coefficient (Wildman–Crippen LogP) is 4.04. The van der Waals surface area contributed by atoms with Crippen LogP contribution in [0.5, 0.6) is 0 Å². The van der Waals surface area contributed by atoms with Crippen LogP contribution in [0, 0.1) is 0 Å². The first-order valence-corrected chi connectivity index (χ1v) is 11.4. The number of piperidine rings is 1. The summed E-state index contributed by atoms with van der Waals surface area (Å²) < 4.78 is 2.21. The fraction of sp³-hybridized carbons (Fsp3) is 0.348. The second kappa shape index (κ2) is 8.53. The third kappa shape index (κ3) is 3.95. The Morgan fingerprint density at radius 1 is 1.03 bits per heavy atom. The molecule has 1 fully saturated rings. The summed E-state index contributed by atoms with van der Waals surface area (Å²) in [6.07, 6.45) is 6.10. The summed E-state index contributed by atoms with van der Waals surface area (Å²) in [6.45, 7) is 3.96. The van der Waals surface area contributed by atoms with Crippen molar-refractivity contribution in [2.24, 2.45) is 0 Å². The maximum absolute atomic E-state index is 4.66. The molecule has 0 radical (unpaired) electrons. The number of benzene rings is 1. The van der Waals surface area contributed by atoms with Crippen LogP contribution in [0.1, 0.15) is 24.1 Å². The normalized spacial score (nSPS) is 15.6. The fourth-order valence-electron chi connectivity index (χ4n) is 4.36. The Balaban J connectivity index is 1.30. The Hall–Kier alpha value is -2.77. The number of hydrogen-bond acceptors (Lipinski definition) is 6. The number of rotatable bonds is 6. The van der Waals surface area contributed by atoms with Crippen molar-refractivity contribution in [1.29, 1.82) is 0 Å². The second-order valence-electron chi connectivity index (χ2n) is 7.96. The van der Waals surface area contributed by atoms with Gasteiger partial charge < -0.3 is 9.47 Å². The van der Waals surface area contributed by atoms with E-state index in [1.807, 2.05) is 5.51 Å². The van der Waals surface area contributed by atoms with Crippen molar-refractivity contribution in [3.05, 3.63) is 71.1 Å². The molecule has 5 rings (SSSR count). The Labute approximate surface area is 180 Å².